The molecule has 0 aromatic carbocycles. The van der Waals surface area contributed by atoms with Crippen molar-refractivity contribution in [3.63, 3.8) is 0 Å². The molecule has 0 N–H and O–H groups in total. The molecule has 0 aliphatic heterocycles. The highest BCUT2D eigenvalue weighted by Gasteiger charge is 2.04. The van der Waals surface area contributed by atoms with Crippen molar-refractivity contribution in [1.82, 2.24) is 0 Å². The van der Waals surface area contributed by atoms with Gasteiger partial charge in [-0.05, 0) is 45.3 Å². The number of unbranched alkanes of at least 4 members (excludes halogenated alkanes) is 2. The van der Waals surface area contributed by atoms with E-state index in [2.05, 4.69) is 13.8 Å². The molecule has 2 atom stereocenters. The molecule has 0 aliphatic carbocycles. The maximum atomic E-state index is 5.81. The Labute approximate surface area is 159 Å². The van der Waals surface area contributed by atoms with E-state index in [0.717, 1.165) is 33.7 Å². The van der Waals surface area contributed by atoms with Crippen LogP contribution in [0.15, 0.2) is 0 Å². The van der Waals surface area contributed by atoms with E-state index in [4.69, 9.17) is 9.47 Å². The minimum absolute atomic E-state index is 0.545. The van der Waals surface area contributed by atoms with Gasteiger partial charge in [-0.15, -0.1) is 0 Å². The fraction of sp³-hybridized carbons (Fsp3) is 1.00. The van der Waals surface area contributed by atoms with Gasteiger partial charge in [-0.2, -0.15) is 0 Å². The van der Waals surface area contributed by atoms with E-state index < -0.39 is 0 Å². The second-order valence-electron chi connectivity index (χ2n) is 5.43. The molecule has 0 fully saturated rings. The van der Waals surface area contributed by atoms with Gasteiger partial charge in [0, 0.05) is 56.7 Å². The zero-order chi connectivity index (χ0) is 16.5. The Morgan fingerprint density at radius 2 is 1.18 bits per heavy atom. The molecule has 0 bridgehead atoms. The van der Waals surface area contributed by atoms with E-state index in [0.29, 0.717) is 11.5 Å². The SMILES string of the molecule is CCCCOC([SiH3])CCSSSSCCC([SiH3])OCCCC. The quantitative estimate of drug-likeness (QED) is 0.203. The molecule has 22 heavy (non-hydrogen) atoms. The van der Waals surface area contributed by atoms with E-state index >= 15 is 0 Å². The highest BCUT2D eigenvalue weighted by atomic mass is 33.7. The third-order valence-corrected chi connectivity index (χ3v) is 11.5. The van der Waals surface area contributed by atoms with Gasteiger partial charge < -0.3 is 9.47 Å². The summed E-state index contributed by atoms with van der Waals surface area (Å²) >= 11 is 0. The molecule has 2 nitrogen and oxygen atoms in total. The lowest BCUT2D eigenvalue weighted by molar-refractivity contribution is 0.103. The highest BCUT2D eigenvalue weighted by molar-refractivity contribution is 9.26. The topological polar surface area (TPSA) is 18.5 Å². The summed E-state index contributed by atoms with van der Waals surface area (Å²) in [6, 6.07) is 0. The molecule has 0 aromatic heterocycles. The van der Waals surface area contributed by atoms with E-state index in [1.807, 2.05) is 41.2 Å². The zero-order valence-corrected chi connectivity index (χ0v) is 21.9. The van der Waals surface area contributed by atoms with Crippen LogP contribution in [0, 0.1) is 0 Å². The minimum Gasteiger partial charge on any atom is -0.383 e. The number of ether oxygens (including phenoxy) is 2. The normalized spacial score (nSPS) is 14.5. The van der Waals surface area contributed by atoms with Crippen molar-refractivity contribution in [2.75, 3.05) is 24.7 Å². The average Bonchev–Trinajstić information content (AvgIpc) is 2.50. The summed E-state index contributed by atoms with van der Waals surface area (Å²) in [5, 5.41) is 0. The predicted octanol–water partition coefficient (Wildman–Crippen LogP) is 3.46. The van der Waals surface area contributed by atoms with E-state index in [9.17, 15) is 0 Å². The van der Waals surface area contributed by atoms with Gasteiger partial charge >= 0.3 is 0 Å². The van der Waals surface area contributed by atoms with Crippen LogP contribution in [0.1, 0.15) is 52.4 Å². The molecular formula is C14H34O2S4Si2. The predicted molar refractivity (Wildman–Crippen MR) is 119 cm³/mol. The summed E-state index contributed by atoms with van der Waals surface area (Å²) in [6.45, 7) is 6.34. The highest BCUT2D eigenvalue weighted by Crippen LogP contribution is 2.43. The van der Waals surface area contributed by atoms with Crippen molar-refractivity contribution in [2.45, 2.75) is 63.8 Å². The average molecular weight is 419 g/mol. The Morgan fingerprint density at radius 3 is 1.55 bits per heavy atom. The van der Waals surface area contributed by atoms with Crippen molar-refractivity contribution < 1.29 is 9.47 Å². The molecule has 0 aromatic rings. The lowest BCUT2D eigenvalue weighted by Crippen LogP contribution is -2.14. The second kappa shape index (κ2) is 19.1. The molecule has 0 aliphatic rings. The van der Waals surface area contributed by atoms with E-state index in [-0.39, 0.29) is 0 Å². The Morgan fingerprint density at radius 1 is 0.773 bits per heavy atom. The van der Waals surface area contributed by atoms with Crippen LogP contribution < -0.4 is 0 Å². The van der Waals surface area contributed by atoms with Crippen LogP contribution in [0.5, 0.6) is 0 Å². The molecule has 0 amide bonds. The van der Waals surface area contributed by atoms with Crippen molar-refractivity contribution in [3.8, 4) is 0 Å². The molecule has 0 saturated heterocycles. The maximum absolute atomic E-state index is 5.81. The summed E-state index contributed by atoms with van der Waals surface area (Å²) in [5.41, 5.74) is 1.09. The first kappa shape index (κ1) is 23.8. The molecule has 134 valence electrons. The van der Waals surface area contributed by atoms with Crippen LogP contribution in [0.3, 0.4) is 0 Å². The lowest BCUT2D eigenvalue weighted by atomic mass is 10.4. The summed E-state index contributed by atoms with van der Waals surface area (Å²) < 4.78 is 11.6. The number of hydrogen-bond donors (Lipinski definition) is 0. The van der Waals surface area contributed by atoms with Crippen molar-refractivity contribution in [1.29, 1.82) is 0 Å². The van der Waals surface area contributed by atoms with Crippen molar-refractivity contribution >= 4 is 61.7 Å². The monoisotopic (exact) mass is 418 g/mol. The van der Waals surface area contributed by atoms with Crippen LogP contribution in [0.25, 0.3) is 0 Å². The molecule has 0 heterocycles. The number of hydrogen-bond acceptors (Lipinski definition) is 6. The molecule has 0 radical (unpaired) electrons. The van der Waals surface area contributed by atoms with E-state index in [1.165, 1.54) is 50.0 Å². The molecular weight excluding hydrogens is 385 g/mol. The Bertz CT molecular complexity index is 207. The second-order valence-corrected chi connectivity index (χ2v) is 14.2. The summed E-state index contributed by atoms with van der Waals surface area (Å²) in [4.78, 5) is 0. The van der Waals surface area contributed by atoms with Gasteiger partial charge in [0.05, 0.1) is 0 Å². The smallest absolute Gasteiger partial charge is 0.0464 e. The van der Waals surface area contributed by atoms with Crippen LogP contribution in [-0.2, 0) is 9.47 Å². The Balaban J connectivity index is 3.19. The maximum Gasteiger partial charge on any atom is 0.0464 e. The molecule has 0 spiro atoms. The molecule has 0 rings (SSSR count). The molecule has 2 unspecified atom stereocenters. The standard InChI is InChI=1S/C14H34O2S4Si2/c1-3-5-9-15-13(21)7-11-17-19-20-18-12-8-14(22)16-10-6-4-2/h13-14H,3-12H2,1-2,21-22H3. The van der Waals surface area contributed by atoms with Gasteiger partial charge in [-0.25, -0.2) is 0 Å². The third kappa shape index (κ3) is 18.1. The van der Waals surface area contributed by atoms with Gasteiger partial charge in [-0.1, -0.05) is 48.3 Å². The first-order valence-corrected chi connectivity index (χ1v) is 16.0. The van der Waals surface area contributed by atoms with Crippen LogP contribution in [0.2, 0.25) is 0 Å². The summed E-state index contributed by atoms with van der Waals surface area (Å²) in [6.07, 6.45) is 7.31. The summed E-state index contributed by atoms with van der Waals surface area (Å²) in [7, 11) is 10.1. The fourth-order valence-corrected chi connectivity index (χ4v) is 9.79. The summed E-state index contributed by atoms with van der Waals surface area (Å²) in [5.74, 6) is 2.42. The first-order valence-electron chi connectivity index (χ1n) is 8.51. The van der Waals surface area contributed by atoms with Crippen molar-refractivity contribution in [2.24, 2.45) is 0 Å². The zero-order valence-electron chi connectivity index (χ0n) is 14.7. The van der Waals surface area contributed by atoms with Gasteiger partial charge in [0.1, 0.15) is 0 Å². The van der Waals surface area contributed by atoms with Crippen LogP contribution >= 0.6 is 41.2 Å². The largest absolute Gasteiger partial charge is 0.383 e. The molecule has 8 heteroatoms. The molecule has 0 saturated carbocycles. The van der Waals surface area contributed by atoms with Gasteiger partial charge in [0.15, 0.2) is 0 Å². The third-order valence-electron chi connectivity index (χ3n) is 3.14. The van der Waals surface area contributed by atoms with Gasteiger partial charge in [0.25, 0.3) is 0 Å². The van der Waals surface area contributed by atoms with Crippen LogP contribution in [-0.4, -0.2) is 56.7 Å². The Kier molecular flexibility index (Phi) is 20.6. The first-order chi connectivity index (χ1) is 10.7. The fourth-order valence-electron chi connectivity index (χ4n) is 1.56. The minimum atomic E-state index is 0.545. The van der Waals surface area contributed by atoms with E-state index in [1.54, 1.807) is 0 Å². The van der Waals surface area contributed by atoms with Crippen molar-refractivity contribution in [3.05, 3.63) is 0 Å². The van der Waals surface area contributed by atoms with Gasteiger partial charge in [-0.3, -0.25) is 0 Å². The van der Waals surface area contributed by atoms with Gasteiger partial charge in [0.2, 0.25) is 0 Å². The Hall–Kier alpha value is 1.75. The number of rotatable bonds is 17. The lowest BCUT2D eigenvalue weighted by Gasteiger charge is -2.12. The van der Waals surface area contributed by atoms with Crippen LogP contribution in [0.4, 0.5) is 0 Å².